The van der Waals surface area contributed by atoms with Crippen molar-refractivity contribution in [1.82, 2.24) is 14.6 Å². The van der Waals surface area contributed by atoms with Crippen molar-refractivity contribution in [3.05, 3.63) is 83.1 Å². The number of halogens is 4. The fourth-order valence-corrected chi connectivity index (χ4v) is 3.41. The van der Waals surface area contributed by atoms with Gasteiger partial charge >= 0.3 is 6.18 Å². The Bertz CT molecular complexity index is 1290. The highest BCUT2D eigenvalue weighted by Crippen LogP contribution is 2.35. The minimum Gasteiger partial charge on any atom is -0.321 e. The van der Waals surface area contributed by atoms with E-state index in [2.05, 4.69) is 15.4 Å². The van der Waals surface area contributed by atoms with Gasteiger partial charge in [-0.05, 0) is 43.7 Å². The number of benzene rings is 2. The standard InChI is InChI=1S/C22H16F4N4O/c1-12-19(14-7-9-15(23)10-8-14)20-27-11-16(13(2)30(20)29-12)21(31)28-18-6-4-3-5-17(18)22(24,25)26/h3-11H,1-2H3,(H,28,31). The third-order valence-electron chi connectivity index (χ3n) is 4.92. The number of para-hydroxylation sites is 1. The highest BCUT2D eigenvalue weighted by atomic mass is 19.4. The van der Waals surface area contributed by atoms with E-state index < -0.39 is 17.6 Å². The number of rotatable bonds is 3. The lowest BCUT2D eigenvalue weighted by Crippen LogP contribution is -2.19. The predicted octanol–water partition coefficient (Wildman–Crippen LogP) is 5.42. The van der Waals surface area contributed by atoms with Crippen molar-refractivity contribution < 1.29 is 22.4 Å². The molecule has 0 saturated carbocycles. The number of carbonyl (C=O) groups is 1. The molecule has 0 radical (unpaired) electrons. The van der Waals surface area contributed by atoms with Gasteiger partial charge < -0.3 is 5.32 Å². The SMILES string of the molecule is Cc1nn2c(C)c(C(=O)Nc3ccccc3C(F)(F)F)cnc2c1-c1ccc(F)cc1. The molecule has 31 heavy (non-hydrogen) atoms. The number of aromatic nitrogens is 3. The first kappa shape index (κ1) is 20.5. The Labute approximate surface area is 174 Å². The number of aryl methyl sites for hydroxylation is 2. The fraction of sp³-hybridized carbons (Fsp3) is 0.136. The lowest BCUT2D eigenvalue weighted by molar-refractivity contribution is -0.136. The van der Waals surface area contributed by atoms with E-state index in [1.54, 1.807) is 26.0 Å². The zero-order valence-corrected chi connectivity index (χ0v) is 16.5. The Morgan fingerprint density at radius 1 is 1.03 bits per heavy atom. The molecule has 2 heterocycles. The van der Waals surface area contributed by atoms with Gasteiger partial charge in [-0.3, -0.25) is 4.79 Å². The number of hydrogen-bond acceptors (Lipinski definition) is 3. The summed E-state index contributed by atoms with van der Waals surface area (Å²) in [6, 6.07) is 10.6. The molecule has 9 heteroatoms. The molecular weight excluding hydrogens is 412 g/mol. The highest BCUT2D eigenvalue weighted by molar-refractivity contribution is 6.05. The average molecular weight is 428 g/mol. The van der Waals surface area contributed by atoms with E-state index in [0.717, 1.165) is 6.07 Å². The van der Waals surface area contributed by atoms with Crippen LogP contribution >= 0.6 is 0 Å². The van der Waals surface area contributed by atoms with Gasteiger partial charge in [0.2, 0.25) is 0 Å². The zero-order chi connectivity index (χ0) is 22.3. The van der Waals surface area contributed by atoms with Crippen molar-refractivity contribution >= 4 is 17.2 Å². The Morgan fingerprint density at radius 3 is 2.39 bits per heavy atom. The van der Waals surface area contributed by atoms with Crippen molar-refractivity contribution in [1.29, 1.82) is 0 Å². The van der Waals surface area contributed by atoms with Gasteiger partial charge in [-0.25, -0.2) is 13.9 Å². The maximum absolute atomic E-state index is 13.3. The lowest BCUT2D eigenvalue weighted by atomic mass is 10.1. The lowest BCUT2D eigenvalue weighted by Gasteiger charge is -2.14. The molecule has 2 aromatic heterocycles. The molecule has 2 aromatic carbocycles. The van der Waals surface area contributed by atoms with Crippen LogP contribution in [0, 0.1) is 19.7 Å². The molecule has 4 rings (SSSR count). The second-order valence-corrected chi connectivity index (χ2v) is 6.96. The minimum absolute atomic E-state index is 0.0811. The fourth-order valence-electron chi connectivity index (χ4n) is 3.41. The van der Waals surface area contributed by atoms with Gasteiger partial charge in [0.05, 0.1) is 28.2 Å². The summed E-state index contributed by atoms with van der Waals surface area (Å²) in [6.45, 7) is 3.38. The van der Waals surface area contributed by atoms with Crippen LogP contribution in [-0.2, 0) is 6.18 Å². The Balaban J connectivity index is 1.74. The van der Waals surface area contributed by atoms with Gasteiger partial charge in [-0.1, -0.05) is 24.3 Å². The monoisotopic (exact) mass is 428 g/mol. The maximum atomic E-state index is 13.3. The molecule has 0 saturated heterocycles. The molecule has 5 nitrogen and oxygen atoms in total. The average Bonchev–Trinajstić information content (AvgIpc) is 3.05. The third-order valence-corrected chi connectivity index (χ3v) is 4.92. The number of amides is 1. The summed E-state index contributed by atoms with van der Waals surface area (Å²) in [7, 11) is 0. The number of alkyl halides is 3. The Kier molecular flexibility index (Phi) is 4.96. The first-order chi connectivity index (χ1) is 14.7. The quantitative estimate of drug-likeness (QED) is 0.443. The van der Waals surface area contributed by atoms with Crippen molar-refractivity contribution in [3.8, 4) is 11.1 Å². The summed E-state index contributed by atoms with van der Waals surface area (Å²) in [5.74, 6) is -1.11. The summed E-state index contributed by atoms with van der Waals surface area (Å²) in [5.41, 5.74) is 1.65. The smallest absolute Gasteiger partial charge is 0.321 e. The molecule has 0 atom stereocenters. The van der Waals surface area contributed by atoms with Crippen molar-refractivity contribution in [2.45, 2.75) is 20.0 Å². The Hall–Kier alpha value is -3.75. The minimum atomic E-state index is -4.61. The Morgan fingerprint density at radius 2 is 1.71 bits per heavy atom. The van der Waals surface area contributed by atoms with E-state index >= 15 is 0 Å². The molecular formula is C22H16F4N4O. The van der Waals surface area contributed by atoms with E-state index in [4.69, 9.17) is 0 Å². The number of carbonyl (C=O) groups excluding carboxylic acids is 1. The summed E-state index contributed by atoms with van der Waals surface area (Å²) < 4.78 is 54.4. The van der Waals surface area contributed by atoms with Gasteiger partial charge in [-0.15, -0.1) is 0 Å². The van der Waals surface area contributed by atoms with Crippen molar-refractivity contribution in [2.75, 3.05) is 5.32 Å². The molecule has 1 N–H and O–H groups in total. The first-order valence-electron chi connectivity index (χ1n) is 9.25. The number of fused-ring (bicyclic) bond motifs is 1. The van der Waals surface area contributed by atoms with Gasteiger partial charge in [-0.2, -0.15) is 18.3 Å². The highest BCUT2D eigenvalue weighted by Gasteiger charge is 2.33. The molecule has 0 bridgehead atoms. The van der Waals surface area contributed by atoms with E-state index in [-0.39, 0.29) is 17.1 Å². The maximum Gasteiger partial charge on any atom is 0.418 e. The van der Waals surface area contributed by atoms with Crippen LogP contribution in [0.5, 0.6) is 0 Å². The number of nitrogens with zero attached hydrogens (tertiary/aromatic N) is 3. The van der Waals surface area contributed by atoms with Crippen molar-refractivity contribution in [3.63, 3.8) is 0 Å². The zero-order valence-electron chi connectivity index (χ0n) is 16.5. The van der Waals surface area contributed by atoms with Gasteiger partial charge in [0.1, 0.15) is 5.82 Å². The van der Waals surface area contributed by atoms with Crippen LogP contribution in [0.25, 0.3) is 16.8 Å². The van der Waals surface area contributed by atoms with E-state index in [0.29, 0.717) is 28.2 Å². The summed E-state index contributed by atoms with van der Waals surface area (Å²) in [5, 5.41) is 6.74. The van der Waals surface area contributed by atoms with Gasteiger partial charge in [0.15, 0.2) is 5.65 Å². The van der Waals surface area contributed by atoms with Crippen LogP contribution < -0.4 is 5.32 Å². The van der Waals surface area contributed by atoms with Crippen LogP contribution in [0.1, 0.15) is 27.3 Å². The van der Waals surface area contributed by atoms with Crippen LogP contribution in [0.15, 0.2) is 54.7 Å². The molecule has 0 aliphatic carbocycles. The van der Waals surface area contributed by atoms with E-state index in [1.165, 1.54) is 41.0 Å². The topological polar surface area (TPSA) is 59.3 Å². The van der Waals surface area contributed by atoms with Crippen LogP contribution in [-0.4, -0.2) is 20.5 Å². The third kappa shape index (κ3) is 3.74. The van der Waals surface area contributed by atoms with E-state index in [1.807, 2.05) is 0 Å². The number of anilines is 1. The largest absolute Gasteiger partial charge is 0.418 e. The number of hydrogen-bond donors (Lipinski definition) is 1. The van der Waals surface area contributed by atoms with Gasteiger partial charge in [0, 0.05) is 11.8 Å². The van der Waals surface area contributed by atoms with Crippen LogP contribution in [0.4, 0.5) is 23.2 Å². The summed E-state index contributed by atoms with van der Waals surface area (Å²) in [6.07, 6.45) is -3.31. The molecule has 0 fully saturated rings. The summed E-state index contributed by atoms with van der Waals surface area (Å²) >= 11 is 0. The van der Waals surface area contributed by atoms with E-state index in [9.17, 15) is 22.4 Å². The van der Waals surface area contributed by atoms with Crippen molar-refractivity contribution in [2.24, 2.45) is 0 Å². The van der Waals surface area contributed by atoms with Gasteiger partial charge in [0.25, 0.3) is 5.91 Å². The molecule has 0 spiro atoms. The normalized spacial score (nSPS) is 11.7. The molecule has 0 aliphatic heterocycles. The molecule has 4 aromatic rings. The number of nitrogens with one attached hydrogen (secondary N) is 1. The van der Waals surface area contributed by atoms with Crippen LogP contribution in [0.2, 0.25) is 0 Å². The molecule has 158 valence electrons. The second-order valence-electron chi connectivity index (χ2n) is 6.96. The second kappa shape index (κ2) is 7.50. The molecule has 0 aliphatic rings. The predicted molar refractivity (Wildman–Crippen MR) is 107 cm³/mol. The van der Waals surface area contributed by atoms with Crippen LogP contribution in [0.3, 0.4) is 0 Å². The molecule has 1 amide bonds. The first-order valence-corrected chi connectivity index (χ1v) is 9.25. The molecule has 0 unspecified atom stereocenters. The summed E-state index contributed by atoms with van der Waals surface area (Å²) in [4.78, 5) is 17.1.